The van der Waals surface area contributed by atoms with Gasteiger partial charge in [0.1, 0.15) is 5.82 Å². The fourth-order valence-corrected chi connectivity index (χ4v) is 0.696. The van der Waals surface area contributed by atoms with E-state index in [4.69, 9.17) is 5.11 Å². The van der Waals surface area contributed by atoms with E-state index in [0.717, 1.165) is 0 Å². The highest BCUT2D eigenvalue weighted by Crippen LogP contribution is 1.89. The van der Waals surface area contributed by atoms with Crippen LogP contribution < -0.4 is 5.32 Å². The molecule has 0 bridgehead atoms. The van der Waals surface area contributed by atoms with Crippen LogP contribution in [0.1, 0.15) is 16.3 Å². The Balaban J connectivity index is 2.61. The Kier molecular flexibility index (Phi) is 3.27. The number of amides is 1. The highest BCUT2D eigenvalue weighted by molar-refractivity contribution is 5.91. The summed E-state index contributed by atoms with van der Waals surface area (Å²) in [4.78, 5) is 15.0. The molecule has 1 amide bonds. The molecule has 0 atom stereocenters. The highest BCUT2D eigenvalue weighted by atomic mass is 16.3. The summed E-state index contributed by atoms with van der Waals surface area (Å²) < 4.78 is 0. The van der Waals surface area contributed by atoms with Crippen LogP contribution in [0.2, 0.25) is 0 Å². The van der Waals surface area contributed by atoms with E-state index in [0.29, 0.717) is 5.82 Å². The largest absolute Gasteiger partial charge is 0.395 e. The molecular weight excluding hydrogens is 172 g/mol. The van der Waals surface area contributed by atoms with E-state index in [-0.39, 0.29) is 24.8 Å². The van der Waals surface area contributed by atoms with E-state index in [1.54, 1.807) is 6.92 Å². The Morgan fingerprint density at radius 3 is 2.92 bits per heavy atom. The Hall–Kier alpha value is -1.56. The fourth-order valence-electron chi connectivity index (χ4n) is 0.696. The molecule has 6 nitrogen and oxygen atoms in total. The molecule has 6 heteroatoms. The third kappa shape index (κ3) is 2.75. The first kappa shape index (κ1) is 9.53. The van der Waals surface area contributed by atoms with E-state index >= 15 is 0 Å². The van der Waals surface area contributed by atoms with Gasteiger partial charge in [-0.1, -0.05) is 0 Å². The average Bonchev–Trinajstić information content (AvgIpc) is 2.15. The summed E-state index contributed by atoms with van der Waals surface area (Å²) in [6.45, 7) is 1.79. The van der Waals surface area contributed by atoms with Gasteiger partial charge in [-0.15, -0.1) is 10.2 Å². The lowest BCUT2D eigenvalue weighted by atomic mass is 10.4. The van der Waals surface area contributed by atoms with Crippen LogP contribution in [0.4, 0.5) is 0 Å². The van der Waals surface area contributed by atoms with Crippen molar-refractivity contribution >= 4 is 5.91 Å². The van der Waals surface area contributed by atoms with Crippen molar-refractivity contribution < 1.29 is 9.90 Å². The van der Waals surface area contributed by atoms with Gasteiger partial charge in [0.25, 0.3) is 5.91 Å². The van der Waals surface area contributed by atoms with Crippen LogP contribution in [0.15, 0.2) is 6.20 Å². The number of hydrogen-bond donors (Lipinski definition) is 2. The van der Waals surface area contributed by atoms with E-state index in [1.165, 1.54) is 6.20 Å². The minimum Gasteiger partial charge on any atom is -0.395 e. The van der Waals surface area contributed by atoms with Gasteiger partial charge in [0.05, 0.1) is 12.8 Å². The lowest BCUT2D eigenvalue weighted by Crippen LogP contribution is -2.27. The number of carbonyl (C=O) groups is 1. The predicted octanol–water partition coefficient (Wildman–Crippen LogP) is -1.10. The molecule has 0 saturated heterocycles. The van der Waals surface area contributed by atoms with Crippen LogP contribution in [0, 0.1) is 6.92 Å². The lowest BCUT2D eigenvalue weighted by Gasteiger charge is -2.00. The quantitative estimate of drug-likeness (QED) is 0.619. The summed E-state index contributed by atoms with van der Waals surface area (Å²) in [5.41, 5.74) is 0.152. The maximum Gasteiger partial charge on any atom is 0.273 e. The van der Waals surface area contributed by atoms with E-state index < -0.39 is 0 Å². The lowest BCUT2D eigenvalue weighted by molar-refractivity contribution is 0.0938. The van der Waals surface area contributed by atoms with Gasteiger partial charge in [-0.05, 0) is 6.92 Å². The van der Waals surface area contributed by atoms with E-state index in [1.807, 2.05) is 0 Å². The summed E-state index contributed by atoms with van der Waals surface area (Å²) >= 11 is 0. The zero-order valence-corrected chi connectivity index (χ0v) is 7.19. The second-order valence-corrected chi connectivity index (χ2v) is 2.37. The second-order valence-electron chi connectivity index (χ2n) is 2.37. The van der Waals surface area contributed by atoms with Crippen molar-refractivity contribution in [1.29, 1.82) is 0 Å². The summed E-state index contributed by atoms with van der Waals surface area (Å²) in [5, 5.41) is 18.1. The number of nitrogens with zero attached hydrogens (tertiary/aromatic N) is 3. The van der Waals surface area contributed by atoms with Crippen molar-refractivity contribution in [2.24, 2.45) is 0 Å². The molecule has 0 saturated carbocycles. The van der Waals surface area contributed by atoms with Gasteiger partial charge >= 0.3 is 0 Å². The van der Waals surface area contributed by atoms with Gasteiger partial charge < -0.3 is 10.4 Å². The molecule has 1 rings (SSSR count). The summed E-state index contributed by atoms with van der Waals surface area (Å²) in [6, 6.07) is 0. The van der Waals surface area contributed by atoms with Crippen LogP contribution in [-0.2, 0) is 0 Å². The Morgan fingerprint density at radius 1 is 1.62 bits per heavy atom. The molecule has 13 heavy (non-hydrogen) atoms. The molecular formula is C7H10N4O2. The maximum atomic E-state index is 11.2. The number of carbonyl (C=O) groups excluding carboxylic acids is 1. The standard InChI is InChI=1S/C7H10N4O2/c1-5-9-4-6(11-10-5)7(13)8-2-3-12/h4,12H,2-3H2,1H3,(H,8,13). The van der Waals surface area contributed by atoms with E-state index in [2.05, 4.69) is 20.5 Å². The minimum absolute atomic E-state index is 0.0988. The van der Waals surface area contributed by atoms with Crippen molar-refractivity contribution in [3.8, 4) is 0 Å². The number of aryl methyl sites for hydroxylation is 1. The highest BCUT2D eigenvalue weighted by Gasteiger charge is 2.06. The van der Waals surface area contributed by atoms with Crippen molar-refractivity contribution in [2.75, 3.05) is 13.2 Å². The summed E-state index contributed by atoms with van der Waals surface area (Å²) in [7, 11) is 0. The van der Waals surface area contributed by atoms with Gasteiger partial charge in [-0.2, -0.15) is 0 Å². The summed E-state index contributed by atoms with van der Waals surface area (Å²) in [6.07, 6.45) is 1.34. The molecule has 0 aliphatic heterocycles. The topological polar surface area (TPSA) is 88.0 Å². The van der Waals surface area contributed by atoms with Crippen LogP contribution >= 0.6 is 0 Å². The van der Waals surface area contributed by atoms with Crippen LogP contribution in [-0.4, -0.2) is 39.3 Å². The molecule has 0 fully saturated rings. The molecule has 0 spiro atoms. The van der Waals surface area contributed by atoms with Gasteiger partial charge in [-0.3, -0.25) is 4.79 Å². The number of nitrogens with one attached hydrogen (secondary N) is 1. The molecule has 1 aromatic heterocycles. The Morgan fingerprint density at radius 2 is 2.38 bits per heavy atom. The van der Waals surface area contributed by atoms with Crippen molar-refractivity contribution in [3.05, 3.63) is 17.7 Å². The van der Waals surface area contributed by atoms with Gasteiger partial charge in [0.2, 0.25) is 0 Å². The number of aromatic nitrogens is 3. The summed E-state index contributed by atoms with van der Waals surface area (Å²) in [5.74, 6) is 0.132. The first-order valence-corrected chi connectivity index (χ1v) is 3.79. The Bertz CT molecular complexity index is 285. The SMILES string of the molecule is Cc1ncc(C(=O)NCCO)nn1. The molecule has 70 valence electrons. The number of aliphatic hydroxyl groups excluding tert-OH is 1. The monoisotopic (exact) mass is 182 g/mol. The molecule has 0 aromatic carbocycles. The molecule has 0 aliphatic rings. The predicted molar refractivity (Wildman–Crippen MR) is 44.0 cm³/mol. The number of aliphatic hydroxyl groups is 1. The molecule has 1 heterocycles. The van der Waals surface area contributed by atoms with Crippen LogP contribution in [0.3, 0.4) is 0 Å². The molecule has 0 radical (unpaired) electrons. The second kappa shape index (κ2) is 4.46. The smallest absolute Gasteiger partial charge is 0.273 e. The van der Waals surface area contributed by atoms with Crippen LogP contribution in [0.5, 0.6) is 0 Å². The third-order valence-corrected chi connectivity index (χ3v) is 1.31. The van der Waals surface area contributed by atoms with E-state index in [9.17, 15) is 4.79 Å². The van der Waals surface area contributed by atoms with Gasteiger partial charge in [0.15, 0.2) is 5.69 Å². The van der Waals surface area contributed by atoms with Gasteiger partial charge in [-0.25, -0.2) is 4.98 Å². The van der Waals surface area contributed by atoms with Gasteiger partial charge in [0, 0.05) is 6.54 Å². The molecule has 2 N–H and O–H groups in total. The average molecular weight is 182 g/mol. The number of hydrogen-bond acceptors (Lipinski definition) is 5. The molecule has 1 aromatic rings. The normalized spacial score (nSPS) is 9.69. The first-order chi connectivity index (χ1) is 6.24. The van der Waals surface area contributed by atoms with Crippen molar-refractivity contribution in [3.63, 3.8) is 0 Å². The van der Waals surface area contributed by atoms with Crippen LogP contribution in [0.25, 0.3) is 0 Å². The zero-order chi connectivity index (χ0) is 9.68. The molecule has 0 unspecified atom stereocenters. The zero-order valence-electron chi connectivity index (χ0n) is 7.19. The third-order valence-electron chi connectivity index (χ3n) is 1.31. The fraction of sp³-hybridized carbons (Fsp3) is 0.429. The number of rotatable bonds is 3. The maximum absolute atomic E-state index is 11.2. The first-order valence-electron chi connectivity index (χ1n) is 3.79. The van der Waals surface area contributed by atoms with Crippen molar-refractivity contribution in [2.45, 2.75) is 6.92 Å². The minimum atomic E-state index is -0.381. The Labute approximate surface area is 75.0 Å². The van der Waals surface area contributed by atoms with Crippen molar-refractivity contribution in [1.82, 2.24) is 20.5 Å². The molecule has 0 aliphatic carbocycles.